The van der Waals surface area contributed by atoms with E-state index < -0.39 is 11.6 Å². The van der Waals surface area contributed by atoms with Crippen LogP contribution in [0.15, 0.2) is 30.5 Å². The van der Waals surface area contributed by atoms with Crippen LogP contribution in [0, 0.1) is 11.6 Å². The first-order valence-electron chi connectivity index (χ1n) is 5.73. The molecule has 0 bridgehead atoms. The third-order valence-corrected chi connectivity index (χ3v) is 2.39. The Morgan fingerprint density at radius 1 is 1.22 bits per heavy atom. The first-order chi connectivity index (χ1) is 8.70. The van der Waals surface area contributed by atoms with Gasteiger partial charge in [0.15, 0.2) is 0 Å². The molecule has 1 aromatic heterocycles. The van der Waals surface area contributed by atoms with E-state index in [1.54, 1.807) is 6.07 Å². The molecule has 0 radical (unpaired) electrons. The van der Waals surface area contributed by atoms with Crippen molar-refractivity contribution in [3.8, 4) is 11.3 Å². The van der Waals surface area contributed by atoms with Crippen LogP contribution in [0.25, 0.3) is 11.3 Å². The topological polar surface area (TPSA) is 37.8 Å². The molecule has 2 rings (SSSR count). The fourth-order valence-electron chi connectivity index (χ4n) is 1.52. The summed E-state index contributed by atoms with van der Waals surface area (Å²) in [7, 11) is 0. The number of aromatic nitrogens is 2. The molecule has 3 nitrogen and oxygen atoms in total. The van der Waals surface area contributed by atoms with Crippen LogP contribution in [-0.2, 0) is 0 Å². The minimum Gasteiger partial charge on any atom is -0.354 e. The summed E-state index contributed by atoms with van der Waals surface area (Å²) in [6.45, 7) is 2.75. The molecule has 0 aliphatic heterocycles. The molecule has 0 fully saturated rings. The van der Waals surface area contributed by atoms with Gasteiger partial charge in [-0.1, -0.05) is 6.92 Å². The number of anilines is 1. The van der Waals surface area contributed by atoms with Crippen LogP contribution in [0.4, 0.5) is 14.7 Å². The molecule has 1 N–H and O–H groups in total. The summed E-state index contributed by atoms with van der Waals surface area (Å²) in [5, 5.41) is 3.00. The molecular formula is C13H13F2N3. The van der Waals surface area contributed by atoms with Crippen LogP contribution >= 0.6 is 0 Å². The molecule has 0 saturated carbocycles. The number of rotatable bonds is 4. The van der Waals surface area contributed by atoms with E-state index in [-0.39, 0.29) is 5.56 Å². The van der Waals surface area contributed by atoms with Crippen LogP contribution < -0.4 is 5.32 Å². The zero-order valence-electron chi connectivity index (χ0n) is 9.95. The molecule has 0 aliphatic carbocycles. The summed E-state index contributed by atoms with van der Waals surface area (Å²) < 4.78 is 26.7. The van der Waals surface area contributed by atoms with Gasteiger partial charge in [0.1, 0.15) is 11.6 Å². The lowest BCUT2D eigenvalue weighted by molar-refractivity contribution is 0.602. The third kappa shape index (κ3) is 2.80. The van der Waals surface area contributed by atoms with Gasteiger partial charge >= 0.3 is 0 Å². The van der Waals surface area contributed by atoms with E-state index in [1.807, 2.05) is 6.92 Å². The number of nitrogens with one attached hydrogen (secondary N) is 1. The SMILES string of the molecule is CCCNc1nccc(-c2cc(F)ccc2F)n1. The highest BCUT2D eigenvalue weighted by Gasteiger charge is 2.08. The van der Waals surface area contributed by atoms with Gasteiger partial charge in [0.05, 0.1) is 5.69 Å². The van der Waals surface area contributed by atoms with Crippen molar-refractivity contribution in [2.45, 2.75) is 13.3 Å². The normalized spacial score (nSPS) is 10.4. The Hall–Kier alpha value is -2.04. The van der Waals surface area contributed by atoms with Gasteiger partial charge in [-0.05, 0) is 30.7 Å². The van der Waals surface area contributed by atoms with Crippen LogP contribution in [0.3, 0.4) is 0 Å². The minimum atomic E-state index is -0.503. The second-order valence-electron chi connectivity index (χ2n) is 3.82. The summed E-state index contributed by atoms with van der Waals surface area (Å²) in [4.78, 5) is 8.17. The first kappa shape index (κ1) is 12.4. The number of hydrogen-bond acceptors (Lipinski definition) is 3. The Bertz CT molecular complexity index is 544. The minimum absolute atomic E-state index is 0.136. The fraction of sp³-hybridized carbons (Fsp3) is 0.231. The molecule has 0 amide bonds. The molecule has 1 aromatic carbocycles. The average molecular weight is 249 g/mol. The summed E-state index contributed by atoms with van der Waals surface area (Å²) >= 11 is 0. The van der Waals surface area contributed by atoms with Crippen LogP contribution in [0.2, 0.25) is 0 Å². The van der Waals surface area contributed by atoms with Gasteiger partial charge in [0, 0.05) is 18.3 Å². The lowest BCUT2D eigenvalue weighted by atomic mass is 10.1. The quantitative estimate of drug-likeness (QED) is 0.903. The van der Waals surface area contributed by atoms with Gasteiger partial charge in [-0.2, -0.15) is 0 Å². The molecule has 94 valence electrons. The zero-order valence-corrected chi connectivity index (χ0v) is 9.95. The maximum Gasteiger partial charge on any atom is 0.223 e. The van der Waals surface area contributed by atoms with Crippen molar-refractivity contribution in [3.05, 3.63) is 42.1 Å². The third-order valence-electron chi connectivity index (χ3n) is 2.39. The summed E-state index contributed by atoms with van der Waals surface area (Å²) in [6.07, 6.45) is 2.45. The molecule has 0 atom stereocenters. The van der Waals surface area contributed by atoms with Crippen LogP contribution in [0.1, 0.15) is 13.3 Å². The van der Waals surface area contributed by atoms with Crippen molar-refractivity contribution in [3.63, 3.8) is 0 Å². The Morgan fingerprint density at radius 2 is 2.06 bits per heavy atom. The van der Waals surface area contributed by atoms with Crippen molar-refractivity contribution in [2.24, 2.45) is 0 Å². The Labute approximate surface area is 104 Å². The van der Waals surface area contributed by atoms with E-state index in [1.165, 1.54) is 6.20 Å². The van der Waals surface area contributed by atoms with E-state index in [4.69, 9.17) is 0 Å². The smallest absolute Gasteiger partial charge is 0.223 e. The highest BCUT2D eigenvalue weighted by atomic mass is 19.1. The van der Waals surface area contributed by atoms with Crippen molar-refractivity contribution in [1.29, 1.82) is 0 Å². The summed E-state index contributed by atoms with van der Waals surface area (Å²) in [6, 6.07) is 4.85. The number of hydrogen-bond donors (Lipinski definition) is 1. The van der Waals surface area contributed by atoms with Crippen molar-refractivity contribution >= 4 is 5.95 Å². The van der Waals surface area contributed by atoms with Gasteiger partial charge in [-0.3, -0.25) is 0 Å². The molecule has 18 heavy (non-hydrogen) atoms. The average Bonchev–Trinajstić information content (AvgIpc) is 2.39. The Morgan fingerprint density at radius 3 is 2.83 bits per heavy atom. The highest BCUT2D eigenvalue weighted by Crippen LogP contribution is 2.22. The second-order valence-corrected chi connectivity index (χ2v) is 3.82. The van der Waals surface area contributed by atoms with Gasteiger partial charge in [0.2, 0.25) is 5.95 Å². The van der Waals surface area contributed by atoms with E-state index in [2.05, 4.69) is 15.3 Å². The lowest BCUT2D eigenvalue weighted by Gasteiger charge is -2.06. The maximum atomic E-state index is 13.6. The first-order valence-corrected chi connectivity index (χ1v) is 5.73. The Balaban J connectivity index is 2.35. The van der Waals surface area contributed by atoms with E-state index >= 15 is 0 Å². The summed E-state index contributed by atoms with van der Waals surface area (Å²) in [5.41, 5.74) is 0.498. The lowest BCUT2D eigenvalue weighted by Crippen LogP contribution is -2.04. The monoisotopic (exact) mass is 249 g/mol. The van der Waals surface area contributed by atoms with Gasteiger partial charge in [-0.15, -0.1) is 0 Å². The van der Waals surface area contributed by atoms with E-state index in [0.717, 1.165) is 31.2 Å². The predicted octanol–water partition coefficient (Wildman–Crippen LogP) is 3.24. The summed E-state index contributed by atoms with van der Waals surface area (Å²) in [5.74, 6) is -0.581. The second kappa shape index (κ2) is 5.53. The van der Waals surface area contributed by atoms with E-state index in [9.17, 15) is 8.78 Å². The fourth-order valence-corrected chi connectivity index (χ4v) is 1.52. The number of benzene rings is 1. The van der Waals surface area contributed by atoms with Crippen molar-refractivity contribution in [2.75, 3.05) is 11.9 Å². The van der Waals surface area contributed by atoms with Gasteiger partial charge < -0.3 is 5.32 Å². The molecule has 0 saturated heterocycles. The van der Waals surface area contributed by atoms with Crippen LogP contribution in [-0.4, -0.2) is 16.5 Å². The van der Waals surface area contributed by atoms with Crippen molar-refractivity contribution in [1.82, 2.24) is 9.97 Å². The molecule has 5 heteroatoms. The molecule has 1 heterocycles. The highest BCUT2D eigenvalue weighted by molar-refractivity contribution is 5.60. The zero-order chi connectivity index (χ0) is 13.0. The molecule has 0 unspecified atom stereocenters. The van der Waals surface area contributed by atoms with Crippen molar-refractivity contribution < 1.29 is 8.78 Å². The van der Waals surface area contributed by atoms with Gasteiger partial charge in [-0.25, -0.2) is 18.7 Å². The largest absolute Gasteiger partial charge is 0.354 e. The molecule has 0 aliphatic rings. The molecule has 0 spiro atoms. The molecule has 2 aromatic rings. The number of halogens is 2. The van der Waals surface area contributed by atoms with Gasteiger partial charge in [0.25, 0.3) is 0 Å². The van der Waals surface area contributed by atoms with E-state index in [0.29, 0.717) is 11.6 Å². The van der Waals surface area contributed by atoms with Crippen LogP contribution in [0.5, 0.6) is 0 Å². The Kier molecular flexibility index (Phi) is 3.82. The predicted molar refractivity (Wildman–Crippen MR) is 66.2 cm³/mol. The number of nitrogens with zero attached hydrogens (tertiary/aromatic N) is 2. The maximum absolute atomic E-state index is 13.6. The standard InChI is InChI=1S/C13H13F2N3/c1-2-6-16-13-17-7-5-12(18-13)10-8-9(14)3-4-11(10)15/h3-5,7-8H,2,6H2,1H3,(H,16,17,18). The molecular weight excluding hydrogens is 236 g/mol.